The van der Waals surface area contributed by atoms with Gasteiger partial charge in [-0.2, -0.15) is 0 Å². The Morgan fingerprint density at radius 1 is 0.903 bits per heavy atom. The van der Waals surface area contributed by atoms with Gasteiger partial charge in [-0.1, -0.05) is 74.0 Å². The van der Waals surface area contributed by atoms with Crippen LogP contribution in [0.5, 0.6) is 0 Å². The lowest BCUT2D eigenvalue weighted by atomic mass is 10.0. The van der Waals surface area contributed by atoms with Crippen LogP contribution in [0.4, 0.5) is 4.79 Å². The first-order chi connectivity index (χ1) is 14.7. The molecular formula is C24H30N2O5. The number of hydrogen-bond acceptors (Lipinski definition) is 4. The number of hydrogen-bond donors (Lipinski definition) is 3. The largest absolute Gasteiger partial charge is 0.480 e. The van der Waals surface area contributed by atoms with Gasteiger partial charge in [0.15, 0.2) is 0 Å². The summed E-state index contributed by atoms with van der Waals surface area (Å²) < 4.78 is 5.20. The Balaban J connectivity index is 1.99. The summed E-state index contributed by atoms with van der Waals surface area (Å²) in [6.45, 7) is 5.85. The summed E-state index contributed by atoms with van der Waals surface area (Å²) in [5, 5.41) is 14.7. The Hall–Kier alpha value is -3.35. The van der Waals surface area contributed by atoms with Crippen LogP contribution < -0.4 is 10.6 Å². The van der Waals surface area contributed by atoms with Crippen LogP contribution in [-0.4, -0.2) is 35.2 Å². The van der Waals surface area contributed by atoms with E-state index in [9.17, 15) is 19.5 Å². The third-order valence-corrected chi connectivity index (χ3v) is 4.70. The summed E-state index contributed by atoms with van der Waals surface area (Å²) in [5.74, 6) is -1.58. The second-order valence-electron chi connectivity index (χ2n) is 7.98. The van der Waals surface area contributed by atoms with Crippen molar-refractivity contribution in [1.82, 2.24) is 10.6 Å². The van der Waals surface area contributed by atoms with Gasteiger partial charge in [0.25, 0.3) is 0 Å². The minimum Gasteiger partial charge on any atom is -0.480 e. The minimum atomic E-state index is -1.14. The molecule has 0 heterocycles. The number of carboxylic acids is 1. The van der Waals surface area contributed by atoms with Gasteiger partial charge in [-0.15, -0.1) is 0 Å². The summed E-state index contributed by atoms with van der Waals surface area (Å²) in [4.78, 5) is 36.7. The second kappa shape index (κ2) is 11.7. The molecule has 0 saturated heterocycles. The molecule has 0 aliphatic heterocycles. The van der Waals surface area contributed by atoms with Crippen molar-refractivity contribution in [2.45, 2.75) is 52.3 Å². The van der Waals surface area contributed by atoms with Gasteiger partial charge in [0.05, 0.1) is 0 Å². The van der Waals surface area contributed by atoms with E-state index >= 15 is 0 Å². The number of ether oxygens (including phenoxy) is 1. The van der Waals surface area contributed by atoms with Crippen molar-refractivity contribution in [1.29, 1.82) is 0 Å². The fourth-order valence-corrected chi connectivity index (χ4v) is 3.04. The molecule has 0 bridgehead atoms. The SMILES string of the molecule is Cc1ccc(C[C@@H](NC(=O)[C@H](CC(C)C)NC(=O)OCc2ccccc2)C(=O)O)cc1. The summed E-state index contributed by atoms with van der Waals surface area (Å²) in [6, 6.07) is 14.6. The number of amides is 2. The van der Waals surface area contributed by atoms with E-state index in [1.165, 1.54) is 0 Å². The van der Waals surface area contributed by atoms with Gasteiger partial charge >= 0.3 is 12.1 Å². The van der Waals surface area contributed by atoms with Crippen LogP contribution in [0.3, 0.4) is 0 Å². The molecule has 0 fully saturated rings. The Labute approximate surface area is 182 Å². The van der Waals surface area contributed by atoms with E-state index in [2.05, 4.69) is 10.6 Å². The molecule has 0 saturated carbocycles. The minimum absolute atomic E-state index is 0.0772. The fourth-order valence-electron chi connectivity index (χ4n) is 3.04. The average Bonchev–Trinajstić information content (AvgIpc) is 2.73. The van der Waals surface area contributed by atoms with Gasteiger partial charge in [0.2, 0.25) is 5.91 Å². The number of benzene rings is 2. The number of rotatable bonds is 10. The topological polar surface area (TPSA) is 105 Å². The summed E-state index contributed by atoms with van der Waals surface area (Å²) >= 11 is 0. The first-order valence-electron chi connectivity index (χ1n) is 10.3. The highest BCUT2D eigenvalue weighted by Gasteiger charge is 2.27. The van der Waals surface area contributed by atoms with E-state index in [-0.39, 0.29) is 18.9 Å². The Kier molecular flexibility index (Phi) is 9.06. The zero-order valence-electron chi connectivity index (χ0n) is 18.1. The zero-order chi connectivity index (χ0) is 22.8. The van der Waals surface area contributed by atoms with Gasteiger partial charge in [-0.25, -0.2) is 9.59 Å². The number of carboxylic acid groups (broad SMARTS) is 1. The Morgan fingerprint density at radius 2 is 1.55 bits per heavy atom. The first kappa shape index (κ1) is 23.9. The highest BCUT2D eigenvalue weighted by Crippen LogP contribution is 2.10. The van der Waals surface area contributed by atoms with Crippen molar-refractivity contribution in [2.75, 3.05) is 0 Å². The van der Waals surface area contributed by atoms with E-state index in [1.54, 1.807) is 0 Å². The van der Waals surface area contributed by atoms with E-state index < -0.39 is 30.1 Å². The molecule has 2 aromatic carbocycles. The van der Waals surface area contributed by atoms with Crippen molar-refractivity contribution in [3.8, 4) is 0 Å². The molecule has 2 atom stereocenters. The Morgan fingerprint density at radius 3 is 2.13 bits per heavy atom. The highest BCUT2D eigenvalue weighted by atomic mass is 16.5. The molecule has 2 amide bonds. The third kappa shape index (κ3) is 8.50. The standard InChI is InChI=1S/C24H30N2O5/c1-16(2)13-20(26-24(30)31-15-19-7-5-4-6-8-19)22(27)25-21(23(28)29)14-18-11-9-17(3)10-12-18/h4-12,16,20-21H,13-15H2,1-3H3,(H,25,27)(H,26,30)(H,28,29)/t20-,21+/m0/s1. The third-order valence-electron chi connectivity index (χ3n) is 4.70. The first-order valence-corrected chi connectivity index (χ1v) is 10.3. The van der Waals surface area contributed by atoms with Gasteiger partial charge < -0.3 is 20.5 Å². The van der Waals surface area contributed by atoms with Crippen molar-refractivity contribution in [3.05, 3.63) is 71.3 Å². The number of alkyl carbamates (subject to hydrolysis) is 1. The fraction of sp³-hybridized carbons (Fsp3) is 0.375. The maximum absolute atomic E-state index is 12.8. The average molecular weight is 427 g/mol. The molecule has 0 radical (unpaired) electrons. The maximum Gasteiger partial charge on any atom is 0.408 e. The molecule has 3 N–H and O–H groups in total. The molecular weight excluding hydrogens is 396 g/mol. The molecule has 0 unspecified atom stereocenters. The van der Waals surface area contributed by atoms with Crippen molar-refractivity contribution in [2.24, 2.45) is 5.92 Å². The quantitative estimate of drug-likeness (QED) is 0.540. The maximum atomic E-state index is 12.8. The molecule has 0 spiro atoms. The molecule has 7 nitrogen and oxygen atoms in total. The van der Waals surface area contributed by atoms with E-state index in [0.29, 0.717) is 6.42 Å². The van der Waals surface area contributed by atoms with Crippen LogP contribution in [0, 0.1) is 12.8 Å². The van der Waals surface area contributed by atoms with Gasteiger partial charge in [-0.3, -0.25) is 4.79 Å². The zero-order valence-corrected chi connectivity index (χ0v) is 18.1. The number of aryl methyl sites for hydroxylation is 1. The van der Waals surface area contributed by atoms with Crippen molar-refractivity contribution < 1.29 is 24.2 Å². The van der Waals surface area contributed by atoms with Crippen LogP contribution in [-0.2, 0) is 27.4 Å². The highest BCUT2D eigenvalue weighted by molar-refractivity contribution is 5.89. The number of carbonyl (C=O) groups is 3. The second-order valence-corrected chi connectivity index (χ2v) is 7.98. The van der Waals surface area contributed by atoms with Crippen LogP contribution in [0.1, 0.15) is 37.0 Å². The molecule has 166 valence electrons. The Bertz CT molecular complexity index is 865. The van der Waals surface area contributed by atoms with Crippen molar-refractivity contribution >= 4 is 18.0 Å². The molecule has 7 heteroatoms. The normalized spacial score (nSPS) is 12.6. The van der Waals surface area contributed by atoms with Crippen molar-refractivity contribution in [3.63, 3.8) is 0 Å². The number of carbonyl (C=O) groups excluding carboxylic acids is 2. The lowest BCUT2D eigenvalue weighted by molar-refractivity contribution is -0.142. The van der Waals surface area contributed by atoms with E-state index in [4.69, 9.17) is 4.74 Å². The number of nitrogens with one attached hydrogen (secondary N) is 2. The van der Waals surface area contributed by atoms with Gasteiger partial charge in [0.1, 0.15) is 18.7 Å². The van der Waals surface area contributed by atoms with Crippen LogP contribution in [0.2, 0.25) is 0 Å². The van der Waals surface area contributed by atoms with Crippen LogP contribution >= 0.6 is 0 Å². The molecule has 2 rings (SSSR count). The molecule has 0 aliphatic rings. The number of aliphatic carboxylic acids is 1. The van der Waals surface area contributed by atoms with Crippen LogP contribution in [0.25, 0.3) is 0 Å². The lowest BCUT2D eigenvalue weighted by Gasteiger charge is -2.22. The molecule has 0 aliphatic carbocycles. The molecule has 0 aromatic heterocycles. The predicted octanol–water partition coefficient (Wildman–Crippen LogP) is 3.45. The summed E-state index contributed by atoms with van der Waals surface area (Å²) in [7, 11) is 0. The summed E-state index contributed by atoms with van der Waals surface area (Å²) in [6.07, 6.45) is -0.229. The van der Waals surface area contributed by atoms with E-state index in [1.807, 2.05) is 75.4 Å². The van der Waals surface area contributed by atoms with E-state index in [0.717, 1.165) is 16.7 Å². The lowest BCUT2D eigenvalue weighted by Crippen LogP contribution is -2.52. The van der Waals surface area contributed by atoms with Crippen LogP contribution in [0.15, 0.2) is 54.6 Å². The predicted molar refractivity (Wildman–Crippen MR) is 117 cm³/mol. The molecule has 31 heavy (non-hydrogen) atoms. The van der Waals surface area contributed by atoms with Gasteiger partial charge in [0, 0.05) is 6.42 Å². The smallest absolute Gasteiger partial charge is 0.408 e. The molecule has 2 aromatic rings. The van der Waals surface area contributed by atoms with Gasteiger partial charge in [-0.05, 0) is 30.4 Å². The summed E-state index contributed by atoms with van der Waals surface area (Å²) in [5.41, 5.74) is 2.69. The monoisotopic (exact) mass is 426 g/mol.